The average Bonchev–Trinajstić information content (AvgIpc) is 2.46. The number of aromatic nitrogens is 1. The lowest BCUT2D eigenvalue weighted by atomic mass is 10.2. The molecule has 0 fully saturated rings. The molecule has 0 aliphatic heterocycles. The molecule has 0 spiro atoms. The Morgan fingerprint density at radius 2 is 1.85 bits per heavy atom. The fraction of sp³-hybridized carbons (Fsp3) is 0.214. The summed E-state index contributed by atoms with van der Waals surface area (Å²) in [5.41, 5.74) is 2.74. The van der Waals surface area contributed by atoms with Gasteiger partial charge in [0.15, 0.2) is 0 Å². The van der Waals surface area contributed by atoms with Crippen molar-refractivity contribution in [1.29, 1.82) is 0 Å². The van der Waals surface area contributed by atoms with Crippen LogP contribution < -0.4 is 10.0 Å². The van der Waals surface area contributed by atoms with Crippen LogP contribution in [0.2, 0.25) is 0 Å². The zero-order valence-electron chi connectivity index (χ0n) is 11.4. The molecule has 0 aliphatic carbocycles. The van der Waals surface area contributed by atoms with Crippen molar-refractivity contribution in [2.45, 2.75) is 18.4 Å². The first kappa shape index (κ1) is 14.5. The van der Waals surface area contributed by atoms with Gasteiger partial charge >= 0.3 is 0 Å². The van der Waals surface area contributed by atoms with Gasteiger partial charge in [-0.2, -0.15) is 0 Å². The summed E-state index contributed by atoms with van der Waals surface area (Å²) in [5.74, 6) is 0. The van der Waals surface area contributed by atoms with E-state index in [4.69, 9.17) is 0 Å². The number of nitrogens with one attached hydrogen (secondary N) is 2. The fourth-order valence-corrected chi connectivity index (χ4v) is 2.76. The molecule has 2 N–H and O–H groups in total. The quantitative estimate of drug-likeness (QED) is 0.883. The molecule has 0 amide bonds. The van der Waals surface area contributed by atoms with Gasteiger partial charge < -0.3 is 5.32 Å². The van der Waals surface area contributed by atoms with E-state index in [1.54, 1.807) is 43.7 Å². The van der Waals surface area contributed by atoms with Gasteiger partial charge in [0.05, 0.1) is 4.90 Å². The highest BCUT2D eigenvalue weighted by molar-refractivity contribution is 7.89. The molecule has 0 atom stereocenters. The van der Waals surface area contributed by atoms with Gasteiger partial charge in [-0.3, -0.25) is 4.98 Å². The predicted octanol–water partition coefficient (Wildman–Crippen LogP) is 1.91. The van der Waals surface area contributed by atoms with Crippen LogP contribution in [0.3, 0.4) is 0 Å². The number of benzene rings is 1. The second kappa shape index (κ2) is 6.02. The zero-order valence-corrected chi connectivity index (χ0v) is 12.2. The maximum atomic E-state index is 12.2. The maximum Gasteiger partial charge on any atom is 0.240 e. The van der Waals surface area contributed by atoms with Crippen molar-refractivity contribution in [2.75, 3.05) is 12.4 Å². The lowest BCUT2D eigenvalue weighted by Gasteiger charge is -2.09. The first-order valence-corrected chi connectivity index (χ1v) is 7.68. The summed E-state index contributed by atoms with van der Waals surface area (Å²) in [6, 6.07) is 8.42. The summed E-state index contributed by atoms with van der Waals surface area (Å²) in [6.45, 7) is 2.16. The van der Waals surface area contributed by atoms with Crippen molar-refractivity contribution in [1.82, 2.24) is 9.71 Å². The van der Waals surface area contributed by atoms with Crippen LogP contribution >= 0.6 is 0 Å². The fourth-order valence-electron chi connectivity index (χ4n) is 1.76. The van der Waals surface area contributed by atoms with Gasteiger partial charge in [-0.1, -0.05) is 0 Å². The first-order chi connectivity index (χ1) is 9.53. The maximum absolute atomic E-state index is 12.2. The van der Waals surface area contributed by atoms with E-state index >= 15 is 0 Å². The highest BCUT2D eigenvalue weighted by Gasteiger charge is 2.13. The molecule has 1 heterocycles. The minimum atomic E-state index is -3.50. The van der Waals surface area contributed by atoms with E-state index in [1.807, 2.05) is 13.0 Å². The van der Waals surface area contributed by atoms with Crippen LogP contribution in [0.15, 0.2) is 47.6 Å². The van der Waals surface area contributed by atoms with Crippen LogP contribution in [0.4, 0.5) is 5.69 Å². The Balaban J connectivity index is 2.13. The van der Waals surface area contributed by atoms with Crippen LogP contribution in [0.5, 0.6) is 0 Å². The second-order valence-electron chi connectivity index (χ2n) is 4.40. The SMILES string of the molecule is CNc1ccc(S(=O)(=O)NCc2ccncc2C)cc1. The monoisotopic (exact) mass is 291 g/mol. The molecular weight excluding hydrogens is 274 g/mol. The highest BCUT2D eigenvalue weighted by Crippen LogP contribution is 2.14. The van der Waals surface area contributed by atoms with Crippen LogP contribution in [0.1, 0.15) is 11.1 Å². The van der Waals surface area contributed by atoms with Crippen LogP contribution in [-0.4, -0.2) is 20.4 Å². The molecule has 0 unspecified atom stereocenters. The van der Waals surface area contributed by atoms with Gasteiger partial charge in [0.2, 0.25) is 10.0 Å². The van der Waals surface area contributed by atoms with Gasteiger partial charge in [0.1, 0.15) is 0 Å². The Bertz CT molecular complexity index is 682. The molecule has 0 radical (unpaired) electrons. The largest absolute Gasteiger partial charge is 0.388 e. The van der Waals surface area contributed by atoms with E-state index in [0.29, 0.717) is 0 Å². The van der Waals surface area contributed by atoms with Crippen molar-refractivity contribution in [2.24, 2.45) is 0 Å². The van der Waals surface area contributed by atoms with Crippen LogP contribution in [0, 0.1) is 6.92 Å². The number of aryl methyl sites for hydroxylation is 1. The molecule has 1 aromatic carbocycles. The summed E-state index contributed by atoms with van der Waals surface area (Å²) in [5, 5.41) is 2.95. The topological polar surface area (TPSA) is 71.1 Å². The molecule has 6 heteroatoms. The number of anilines is 1. The minimum absolute atomic E-state index is 0.253. The summed E-state index contributed by atoms with van der Waals surface area (Å²) < 4.78 is 26.9. The molecule has 0 aliphatic rings. The Kier molecular flexibility index (Phi) is 4.36. The normalized spacial score (nSPS) is 11.3. The van der Waals surface area contributed by atoms with Crippen molar-refractivity contribution in [3.05, 3.63) is 53.9 Å². The predicted molar refractivity (Wildman–Crippen MR) is 79.0 cm³/mol. The van der Waals surface area contributed by atoms with Crippen LogP contribution in [0.25, 0.3) is 0 Å². The van der Waals surface area contributed by atoms with E-state index in [2.05, 4.69) is 15.0 Å². The molecule has 5 nitrogen and oxygen atoms in total. The van der Waals surface area contributed by atoms with Gasteiger partial charge in [0, 0.05) is 31.7 Å². The van der Waals surface area contributed by atoms with E-state index in [0.717, 1.165) is 16.8 Å². The Morgan fingerprint density at radius 1 is 1.15 bits per heavy atom. The van der Waals surface area contributed by atoms with Gasteiger partial charge in [-0.15, -0.1) is 0 Å². The van der Waals surface area contributed by atoms with Crippen molar-refractivity contribution in [3.8, 4) is 0 Å². The third-order valence-electron chi connectivity index (χ3n) is 3.04. The van der Waals surface area contributed by atoms with Crippen molar-refractivity contribution < 1.29 is 8.42 Å². The van der Waals surface area contributed by atoms with Crippen LogP contribution in [-0.2, 0) is 16.6 Å². The summed E-state index contributed by atoms with van der Waals surface area (Å²) in [6.07, 6.45) is 3.36. The molecular formula is C14H17N3O2S. The summed E-state index contributed by atoms with van der Waals surface area (Å²) >= 11 is 0. The van der Waals surface area contributed by atoms with E-state index in [9.17, 15) is 8.42 Å². The molecule has 106 valence electrons. The first-order valence-electron chi connectivity index (χ1n) is 6.20. The number of hydrogen-bond donors (Lipinski definition) is 2. The summed E-state index contributed by atoms with van der Waals surface area (Å²) in [4.78, 5) is 4.24. The number of rotatable bonds is 5. The molecule has 20 heavy (non-hydrogen) atoms. The second-order valence-corrected chi connectivity index (χ2v) is 6.17. The third kappa shape index (κ3) is 3.34. The zero-order chi connectivity index (χ0) is 14.6. The van der Waals surface area contributed by atoms with Gasteiger partial charge in [-0.25, -0.2) is 13.1 Å². The molecule has 2 rings (SSSR count). The Morgan fingerprint density at radius 3 is 2.45 bits per heavy atom. The van der Waals surface area contributed by atoms with E-state index < -0.39 is 10.0 Å². The number of sulfonamides is 1. The lowest BCUT2D eigenvalue weighted by Crippen LogP contribution is -2.23. The van der Waals surface area contributed by atoms with Crippen molar-refractivity contribution in [3.63, 3.8) is 0 Å². The third-order valence-corrected chi connectivity index (χ3v) is 4.46. The molecule has 0 saturated heterocycles. The highest BCUT2D eigenvalue weighted by atomic mass is 32.2. The Labute approximate surface area is 119 Å². The number of hydrogen-bond acceptors (Lipinski definition) is 4. The summed E-state index contributed by atoms with van der Waals surface area (Å²) in [7, 11) is -1.71. The number of nitrogens with zero attached hydrogens (tertiary/aromatic N) is 1. The molecule has 2 aromatic rings. The van der Waals surface area contributed by atoms with Gasteiger partial charge in [-0.05, 0) is 48.4 Å². The molecule has 0 bridgehead atoms. The average molecular weight is 291 g/mol. The molecule has 1 aromatic heterocycles. The minimum Gasteiger partial charge on any atom is -0.388 e. The van der Waals surface area contributed by atoms with Gasteiger partial charge in [0.25, 0.3) is 0 Å². The molecule has 0 saturated carbocycles. The van der Waals surface area contributed by atoms with E-state index in [1.165, 1.54) is 0 Å². The Hall–Kier alpha value is -1.92. The number of pyridine rings is 1. The van der Waals surface area contributed by atoms with Crippen molar-refractivity contribution >= 4 is 15.7 Å². The lowest BCUT2D eigenvalue weighted by molar-refractivity contribution is 0.581. The van der Waals surface area contributed by atoms with E-state index in [-0.39, 0.29) is 11.4 Å². The smallest absolute Gasteiger partial charge is 0.240 e. The standard InChI is InChI=1S/C14H17N3O2S/c1-11-9-16-8-7-12(11)10-17-20(18,19)14-5-3-13(15-2)4-6-14/h3-9,15,17H,10H2,1-2H3.